The molecule has 1 N–H and O–H groups in total. The highest BCUT2D eigenvalue weighted by Gasteiger charge is 2.20. The van der Waals surface area contributed by atoms with Crippen LogP contribution in [0, 0.1) is 34.3 Å². The molecule has 7 aromatic rings. The van der Waals surface area contributed by atoms with Crippen molar-refractivity contribution in [1.29, 1.82) is 0 Å². The summed E-state index contributed by atoms with van der Waals surface area (Å²) in [5.74, 6) is -1.16. The molecule has 0 aliphatic rings. The Bertz CT molecular complexity index is 2590. The van der Waals surface area contributed by atoms with Gasteiger partial charge in [-0.3, -0.25) is 4.79 Å². The first-order valence-electron chi connectivity index (χ1n) is 18.6. The number of hydrogen-bond acceptors (Lipinski definition) is 3. The molecule has 0 fully saturated rings. The average molecular weight is 747 g/mol. The number of nitrogens with zero attached hydrogens (tertiary/aromatic N) is 2. The van der Waals surface area contributed by atoms with E-state index in [-0.39, 0.29) is 11.6 Å². The van der Waals surface area contributed by atoms with Gasteiger partial charge in [-0.25, -0.2) is 4.85 Å². The summed E-state index contributed by atoms with van der Waals surface area (Å²) < 4.78 is 0. The zero-order chi connectivity index (χ0) is 39.2. The third-order valence-corrected chi connectivity index (χ3v) is 11.0. The van der Waals surface area contributed by atoms with Crippen molar-refractivity contribution in [2.45, 2.75) is 33.6 Å². The van der Waals surface area contributed by atoms with Crippen molar-refractivity contribution in [3.8, 4) is 11.1 Å². The Hall–Kier alpha value is -6.74. The van der Waals surface area contributed by atoms with E-state index in [0.29, 0.717) is 0 Å². The van der Waals surface area contributed by atoms with Gasteiger partial charge in [0, 0.05) is 32.7 Å². The topological polar surface area (TPSA) is 44.9 Å². The molecule has 0 bridgehead atoms. The quantitative estimate of drug-likeness (QED) is 0.0814. The SMILES string of the molecule is [C-]#[N+]/C(=C\c1ccc(/C=C/c2ccc(C(c3ccc(-c4ccc(N(c5ccccc5)c5ccc(C)cc5C)cc4)cc3)c3ccc(C)cc3C)cc2)s1)C(=O)O. The number of para-hydroxylation sites is 1. The standard InChI is InChI=1S/C51H42N2O2S/c1-34-11-29-47(36(3)31-34)50(41-16-13-38(14-17-41)15-26-45-27-28-46(56-45)33-48(52-5)51(54)55)42-20-18-39(19-21-42)40-22-24-44(25-23-40)53(43-9-7-6-8-10-43)49-30-12-35(2)32-37(49)4/h6-33,50H,1-4H3,(H,54,55)/b26-15+,48-33-. The molecule has 5 heteroatoms. The average Bonchev–Trinajstić information content (AvgIpc) is 3.66. The Labute approximate surface area is 333 Å². The minimum Gasteiger partial charge on any atom is -0.486 e. The fraction of sp³-hybridized carbons (Fsp3) is 0.0980. The maximum atomic E-state index is 11.2. The molecule has 1 heterocycles. The van der Waals surface area contributed by atoms with Crippen LogP contribution in [0.4, 0.5) is 17.1 Å². The number of benzene rings is 6. The molecule has 0 saturated heterocycles. The van der Waals surface area contributed by atoms with Crippen molar-refractivity contribution < 1.29 is 9.90 Å². The van der Waals surface area contributed by atoms with E-state index in [1.54, 1.807) is 0 Å². The van der Waals surface area contributed by atoms with Gasteiger partial charge in [-0.1, -0.05) is 126 Å². The van der Waals surface area contributed by atoms with Crippen LogP contribution < -0.4 is 4.90 Å². The van der Waals surface area contributed by atoms with Gasteiger partial charge >= 0.3 is 5.97 Å². The minimum atomic E-state index is -1.22. The number of carbonyl (C=O) groups is 1. The second kappa shape index (κ2) is 16.7. The number of hydrogen-bond donors (Lipinski definition) is 1. The Morgan fingerprint density at radius 3 is 1.82 bits per heavy atom. The van der Waals surface area contributed by atoms with Crippen LogP contribution in [0.5, 0.6) is 0 Å². The Kier molecular flexibility index (Phi) is 11.2. The third-order valence-electron chi connectivity index (χ3n) is 10.0. The van der Waals surface area contributed by atoms with Gasteiger partial charge in [-0.05, 0) is 127 Å². The highest BCUT2D eigenvalue weighted by Crippen LogP contribution is 2.39. The molecule has 1 unspecified atom stereocenters. The molecule has 6 aromatic carbocycles. The van der Waals surface area contributed by atoms with Gasteiger partial charge in [0.1, 0.15) is 0 Å². The normalized spacial score (nSPS) is 12.0. The number of aryl methyl sites for hydroxylation is 4. The van der Waals surface area contributed by atoms with Crippen LogP contribution in [0.15, 0.2) is 157 Å². The summed E-state index contributed by atoms with van der Waals surface area (Å²) in [6, 6.07) is 54.2. The third kappa shape index (κ3) is 8.47. The van der Waals surface area contributed by atoms with Crippen molar-refractivity contribution in [2.24, 2.45) is 0 Å². The first kappa shape index (κ1) is 37.6. The van der Waals surface area contributed by atoms with Crippen LogP contribution in [0.25, 0.3) is 34.2 Å². The molecule has 1 aromatic heterocycles. The van der Waals surface area contributed by atoms with Crippen molar-refractivity contribution in [1.82, 2.24) is 0 Å². The summed E-state index contributed by atoms with van der Waals surface area (Å²) in [7, 11) is 0. The molecule has 0 spiro atoms. The van der Waals surface area contributed by atoms with Crippen LogP contribution in [-0.2, 0) is 4.79 Å². The van der Waals surface area contributed by atoms with Crippen molar-refractivity contribution >= 4 is 52.6 Å². The molecule has 274 valence electrons. The molecule has 56 heavy (non-hydrogen) atoms. The maximum absolute atomic E-state index is 11.2. The van der Waals surface area contributed by atoms with E-state index in [1.165, 1.54) is 67.6 Å². The number of thiophene rings is 1. The molecular weight excluding hydrogens is 705 g/mol. The number of rotatable bonds is 11. The van der Waals surface area contributed by atoms with Gasteiger partial charge < -0.3 is 10.0 Å². The molecule has 0 amide bonds. The van der Waals surface area contributed by atoms with Gasteiger partial charge in [-0.2, -0.15) is 0 Å². The summed E-state index contributed by atoms with van der Waals surface area (Å²) in [6.45, 7) is 15.7. The zero-order valence-electron chi connectivity index (χ0n) is 31.9. The number of anilines is 3. The lowest BCUT2D eigenvalue weighted by Gasteiger charge is -2.27. The van der Waals surface area contributed by atoms with Gasteiger partial charge in [0.15, 0.2) is 0 Å². The number of carboxylic acid groups (broad SMARTS) is 1. The Morgan fingerprint density at radius 2 is 1.21 bits per heavy atom. The van der Waals surface area contributed by atoms with Gasteiger partial charge in [0.25, 0.3) is 5.70 Å². The fourth-order valence-electron chi connectivity index (χ4n) is 7.22. The molecule has 0 aliphatic heterocycles. The zero-order valence-corrected chi connectivity index (χ0v) is 32.7. The summed E-state index contributed by atoms with van der Waals surface area (Å²) in [5, 5.41) is 9.19. The summed E-state index contributed by atoms with van der Waals surface area (Å²) in [4.78, 5) is 18.4. The van der Waals surface area contributed by atoms with E-state index in [4.69, 9.17) is 6.57 Å². The Balaban J connectivity index is 1.15. The summed E-state index contributed by atoms with van der Waals surface area (Å²) in [5.41, 5.74) is 15.2. The molecule has 4 nitrogen and oxygen atoms in total. The van der Waals surface area contributed by atoms with Gasteiger partial charge in [-0.15, -0.1) is 11.3 Å². The molecule has 1 atom stereocenters. The van der Waals surface area contributed by atoms with Crippen LogP contribution in [0.2, 0.25) is 0 Å². The van der Waals surface area contributed by atoms with Gasteiger partial charge in [0.05, 0.1) is 6.57 Å². The maximum Gasteiger partial charge on any atom is 0.333 e. The molecule has 7 rings (SSSR count). The van der Waals surface area contributed by atoms with Crippen LogP contribution in [-0.4, -0.2) is 11.1 Å². The van der Waals surface area contributed by atoms with Crippen LogP contribution >= 0.6 is 11.3 Å². The molecule has 0 saturated carbocycles. The first-order valence-corrected chi connectivity index (χ1v) is 19.4. The second-order valence-corrected chi connectivity index (χ2v) is 15.3. The van der Waals surface area contributed by atoms with E-state index in [1.807, 2.05) is 18.2 Å². The van der Waals surface area contributed by atoms with Crippen LogP contribution in [0.3, 0.4) is 0 Å². The highest BCUT2D eigenvalue weighted by atomic mass is 32.1. The van der Waals surface area contributed by atoms with E-state index >= 15 is 0 Å². The van der Waals surface area contributed by atoms with Gasteiger partial charge in [0.2, 0.25) is 0 Å². The lowest BCUT2D eigenvalue weighted by Crippen LogP contribution is -2.11. The Morgan fingerprint density at radius 1 is 0.643 bits per heavy atom. The highest BCUT2D eigenvalue weighted by molar-refractivity contribution is 7.13. The first-order chi connectivity index (χ1) is 27.2. The predicted octanol–water partition coefficient (Wildman–Crippen LogP) is 13.8. The van der Waals surface area contributed by atoms with Crippen molar-refractivity contribution in [2.75, 3.05) is 4.90 Å². The van der Waals surface area contributed by atoms with E-state index < -0.39 is 5.97 Å². The predicted molar refractivity (Wildman–Crippen MR) is 235 cm³/mol. The molecular formula is C51H42N2O2S. The number of carboxylic acids is 1. The summed E-state index contributed by atoms with van der Waals surface area (Å²) >= 11 is 1.45. The lowest BCUT2D eigenvalue weighted by atomic mass is 9.82. The van der Waals surface area contributed by atoms with E-state index in [9.17, 15) is 9.90 Å². The smallest absolute Gasteiger partial charge is 0.333 e. The monoisotopic (exact) mass is 746 g/mol. The van der Waals surface area contributed by atoms with Crippen molar-refractivity contribution in [3.05, 3.63) is 223 Å². The number of aliphatic carboxylic acids is 1. The molecule has 0 aliphatic carbocycles. The fourth-order valence-corrected chi connectivity index (χ4v) is 8.07. The second-order valence-electron chi connectivity index (χ2n) is 14.1. The minimum absolute atomic E-state index is 0.0553. The van der Waals surface area contributed by atoms with Crippen molar-refractivity contribution in [3.63, 3.8) is 0 Å². The summed E-state index contributed by atoms with van der Waals surface area (Å²) in [6.07, 6.45) is 5.49. The van der Waals surface area contributed by atoms with Crippen LogP contribution in [0.1, 0.15) is 60.2 Å². The molecule has 0 radical (unpaired) electrons. The van der Waals surface area contributed by atoms with E-state index in [0.717, 1.165) is 32.3 Å². The lowest BCUT2D eigenvalue weighted by molar-refractivity contribution is -0.132. The largest absolute Gasteiger partial charge is 0.486 e. The van der Waals surface area contributed by atoms with E-state index in [2.05, 4.69) is 183 Å².